The molecule has 2 amide bonds. The highest BCUT2D eigenvalue weighted by Crippen LogP contribution is 2.24. The van der Waals surface area contributed by atoms with E-state index in [-0.39, 0.29) is 12.1 Å². The van der Waals surface area contributed by atoms with Crippen molar-refractivity contribution in [2.45, 2.75) is 39.3 Å². The fourth-order valence-corrected chi connectivity index (χ4v) is 4.59. The van der Waals surface area contributed by atoms with Crippen molar-refractivity contribution < 1.29 is 9.53 Å². The van der Waals surface area contributed by atoms with Crippen molar-refractivity contribution in [1.29, 1.82) is 0 Å². The summed E-state index contributed by atoms with van der Waals surface area (Å²) in [5, 5.41) is 8.39. The van der Waals surface area contributed by atoms with E-state index in [9.17, 15) is 4.79 Å². The van der Waals surface area contributed by atoms with Gasteiger partial charge >= 0.3 is 6.03 Å². The van der Waals surface area contributed by atoms with E-state index >= 15 is 0 Å². The summed E-state index contributed by atoms with van der Waals surface area (Å²) in [6.45, 7) is 8.25. The highest BCUT2D eigenvalue weighted by molar-refractivity contribution is 7.09. The average molecular weight is 416 g/mol. The van der Waals surface area contributed by atoms with Crippen molar-refractivity contribution in [3.63, 3.8) is 0 Å². The molecule has 0 saturated carbocycles. The Kier molecular flexibility index (Phi) is 7.95. The number of rotatable bonds is 8. The van der Waals surface area contributed by atoms with Crippen molar-refractivity contribution in [3.05, 3.63) is 52.2 Å². The molecule has 6 heteroatoms. The Morgan fingerprint density at radius 1 is 1.21 bits per heavy atom. The molecule has 1 saturated heterocycles. The van der Waals surface area contributed by atoms with Gasteiger partial charge in [-0.25, -0.2) is 4.79 Å². The van der Waals surface area contributed by atoms with Crippen LogP contribution in [-0.2, 0) is 6.54 Å². The van der Waals surface area contributed by atoms with Crippen molar-refractivity contribution in [1.82, 2.24) is 15.5 Å². The van der Waals surface area contributed by atoms with Gasteiger partial charge in [0.1, 0.15) is 5.75 Å². The lowest BCUT2D eigenvalue weighted by molar-refractivity contribution is 0.175. The molecule has 29 heavy (non-hydrogen) atoms. The van der Waals surface area contributed by atoms with Crippen LogP contribution < -0.4 is 15.4 Å². The van der Waals surface area contributed by atoms with Crippen molar-refractivity contribution >= 4 is 17.4 Å². The Morgan fingerprint density at radius 2 is 1.93 bits per heavy atom. The zero-order chi connectivity index (χ0) is 20.6. The maximum atomic E-state index is 12.5. The van der Waals surface area contributed by atoms with Gasteiger partial charge in [0.2, 0.25) is 0 Å². The molecule has 3 rings (SSSR count). The Labute approximate surface area is 178 Å². The molecular weight excluding hydrogens is 382 g/mol. The van der Waals surface area contributed by atoms with E-state index in [0.29, 0.717) is 11.8 Å². The second kappa shape index (κ2) is 10.6. The number of urea groups is 1. The average Bonchev–Trinajstić information content (AvgIpc) is 3.24. The van der Waals surface area contributed by atoms with Crippen LogP contribution in [0, 0.1) is 11.8 Å². The molecule has 2 N–H and O–H groups in total. The number of nitrogens with one attached hydrogen (secondary N) is 2. The summed E-state index contributed by atoms with van der Waals surface area (Å²) < 4.78 is 5.23. The number of nitrogens with zero attached hydrogens (tertiary/aromatic N) is 1. The zero-order valence-corrected chi connectivity index (χ0v) is 18.5. The lowest BCUT2D eigenvalue weighted by atomic mass is 9.96. The molecule has 158 valence electrons. The molecule has 1 unspecified atom stereocenters. The highest BCUT2D eigenvalue weighted by atomic mass is 32.1. The molecule has 0 radical (unpaired) electrons. The minimum Gasteiger partial charge on any atom is -0.497 e. The van der Waals surface area contributed by atoms with Crippen LogP contribution >= 0.6 is 11.3 Å². The highest BCUT2D eigenvalue weighted by Gasteiger charge is 2.22. The number of piperidine rings is 1. The van der Waals surface area contributed by atoms with Gasteiger partial charge in [-0.2, -0.15) is 0 Å². The van der Waals surface area contributed by atoms with Crippen LogP contribution in [0.1, 0.15) is 43.2 Å². The molecule has 0 spiro atoms. The lowest BCUT2D eigenvalue weighted by Crippen LogP contribution is -2.43. The number of carbonyl (C=O) groups excluding carboxylic acids is 1. The number of carbonyl (C=O) groups is 1. The third-order valence-electron chi connectivity index (χ3n) is 5.65. The monoisotopic (exact) mass is 415 g/mol. The van der Waals surface area contributed by atoms with Crippen LogP contribution in [0.15, 0.2) is 41.8 Å². The second-order valence-electron chi connectivity index (χ2n) is 8.15. The third kappa shape index (κ3) is 6.47. The number of hydrogen-bond acceptors (Lipinski definition) is 4. The number of benzene rings is 1. The van der Waals surface area contributed by atoms with E-state index in [1.165, 1.54) is 4.88 Å². The second-order valence-corrected chi connectivity index (χ2v) is 9.18. The van der Waals surface area contributed by atoms with Gasteiger partial charge in [0.25, 0.3) is 0 Å². The number of amides is 2. The molecule has 0 aliphatic carbocycles. The van der Waals surface area contributed by atoms with Gasteiger partial charge in [-0.3, -0.25) is 4.90 Å². The molecule has 1 atom stereocenters. The standard InChI is InChI=1S/C23H33N3O2S/c1-17(2)22(19-6-8-20(28-3)9-7-19)25-23(27)24-15-18-10-12-26(13-11-18)16-21-5-4-14-29-21/h4-9,14,17-18,22H,10-13,15-16H2,1-3H3,(H2,24,25,27). The van der Waals surface area contributed by atoms with Gasteiger partial charge in [-0.1, -0.05) is 32.0 Å². The Balaban J connectivity index is 1.42. The summed E-state index contributed by atoms with van der Waals surface area (Å²) in [5.41, 5.74) is 1.10. The van der Waals surface area contributed by atoms with Gasteiger partial charge in [-0.05, 0) is 66.9 Å². The first-order valence-electron chi connectivity index (χ1n) is 10.5. The third-order valence-corrected chi connectivity index (χ3v) is 6.51. The number of hydrogen-bond donors (Lipinski definition) is 2. The first-order valence-corrected chi connectivity index (χ1v) is 11.4. The molecule has 1 aliphatic heterocycles. The van der Waals surface area contributed by atoms with E-state index in [2.05, 4.69) is 46.9 Å². The molecule has 2 heterocycles. The summed E-state index contributed by atoms with van der Waals surface area (Å²) in [6, 6.07) is 12.1. The van der Waals surface area contributed by atoms with E-state index in [0.717, 1.165) is 50.3 Å². The molecule has 1 aromatic heterocycles. The molecule has 1 aliphatic rings. The van der Waals surface area contributed by atoms with Crippen molar-refractivity contribution in [2.75, 3.05) is 26.7 Å². The number of likely N-dealkylation sites (tertiary alicyclic amines) is 1. The number of thiophene rings is 1. The van der Waals surface area contributed by atoms with Gasteiger partial charge in [0.15, 0.2) is 0 Å². The van der Waals surface area contributed by atoms with E-state index in [4.69, 9.17) is 4.74 Å². The normalized spacial score (nSPS) is 16.6. The summed E-state index contributed by atoms with van der Waals surface area (Å²) in [6.07, 6.45) is 2.27. The van der Waals surface area contributed by atoms with Gasteiger partial charge in [0.05, 0.1) is 13.2 Å². The molecular formula is C23H33N3O2S. The predicted molar refractivity (Wildman–Crippen MR) is 119 cm³/mol. The summed E-state index contributed by atoms with van der Waals surface area (Å²) in [5.74, 6) is 1.68. The predicted octanol–water partition coefficient (Wildman–Crippen LogP) is 4.67. The first kappa shape index (κ1) is 21.7. The minimum absolute atomic E-state index is 0.0199. The van der Waals surface area contributed by atoms with Crippen LogP contribution in [0.5, 0.6) is 5.75 Å². The Hall–Kier alpha value is -2.05. The number of ether oxygens (including phenoxy) is 1. The first-order chi connectivity index (χ1) is 14.0. The SMILES string of the molecule is COc1ccc(C(NC(=O)NCC2CCN(Cc3cccs3)CC2)C(C)C)cc1. The fraction of sp³-hybridized carbons (Fsp3) is 0.522. The zero-order valence-electron chi connectivity index (χ0n) is 17.7. The largest absolute Gasteiger partial charge is 0.497 e. The van der Waals surface area contributed by atoms with E-state index in [1.54, 1.807) is 7.11 Å². The van der Waals surface area contributed by atoms with Crippen molar-refractivity contribution in [2.24, 2.45) is 11.8 Å². The Bertz CT molecular complexity index is 738. The van der Waals surface area contributed by atoms with Gasteiger partial charge in [-0.15, -0.1) is 11.3 Å². The van der Waals surface area contributed by atoms with E-state index < -0.39 is 0 Å². The maximum Gasteiger partial charge on any atom is 0.315 e. The van der Waals surface area contributed by atoms with Crippen LogP contribution in [0.3, 0.4) is 0 Å². The quantitative estimate of drug-likeness (QED) is 0.659. The molecule has 5 nitrogen and oxygen atoms in total. The topological polar surface area (TPSA) is 53.6 Å². The van der Waals surface area contributed by atoms with Crippen LogP contribution in [0.25, 0.3) is 0 Å². The van der Waals surface area contributed by atoms with Crippen LogP contribution in [0.2, 0.25) is 0 Å². The van der Waals surface area contributed by atoms with E-state index in [1.807, 2.05) is 35.6 Å². The summed E-state index contributed by atoms with van der Waals surface area (Å²) >= 11 is 1.83. The van der Waals surface area contributed by atoms with Crippen molar-refractivity contribution in [3.8, 4) is 5.75 Å². The maximum absolute atomic E-state index is 12.5. The number of methoxy groups -OCH3 is 1. The van der Waals surface area contributed by atoms with Gasteiger partial charge < -0.3 is 15.4 Å². The molecule has 1 aromatic carbocycles. The molecule has 1 fully saturated rings. The summed E-state index contributed by atoms with van der Waals surface area (Å²) in [4.78, 5) is 16.5. The summed E-state index contributed by atoms with van der Waals surface area (Å²) in [7, 11) is 1.66. The molecule has 0 bridgehead atoms. The van der Waals surface area contributed by atoms with Crippen LogP contribution in [-0.4, -0.2) is 37.7 Å². The Morgan fingerprint density at radius 3 is 2.52 bits per heavy atom. The van der Waals surface area contributed by atoms with Crippen LogP contribution in [0.4, 0.5) is 4.79 Å². The smallest absolute Gasteiger partial charge is 0.315 e. The minimum atomic E-state index is -0.0828. The molecule has 2 aromatic rings. The van der Waals surface area contributed by atoms with Gasteiger partial charge in [0, 0.05) is 18.0 Å². The lowest BCUT2D eigenvalue weighted by Gasteiger charge is -2.32. The fourth-order valence-electron chi connectivity index (χ4n) is 3.85.